The molecular weight excluding hydrogens is 240 g/mol. The highest BCUT2D eigenvalue weighted by Crippen LogP contribution is 2.23. The highest BCUT2D eigenvalue weighted by molar-refractivity contribution is 8.00. The normalized spacial score (nSPS) is 10.7. The maximum Gasteiger partial charge on any atom is 0.174 e. The maximum absolute atomic E-state index is 5.86. The molecule has 0 saturated carbocycles. The van der Waals surface area contributed by atoms with Crippen LogP contribution in [0.3, 0.4) is 0 Å². The van der Waals surface area contributed by atoms with Crippen LogP contribution >= 0.6 is 34.7 Å². The lowest BCUT2D eigenvalue weighted by Gasteiger charge is -1.99. The minimum absolute atomic E-state index is 0.651. The zero-order valence-corrected chi connectivity index (χ0v) is 9.73. The number of imidazole rings is 1. The molecule has 0 saturated heterocycles. The average molecular weight is 247 g/mol. The van der Waals surface area contributed by atoms with Crippen LogP contribution in [0.2, 0.25) is 5.15 Å². The first kappa shape index (κ1) is 9.95. The number of halogens is 1. The molecular formula is C7H7ClN4S2. The molecule has 2 aromatic heterocycles. The van der Waals surface area contributed by atoms with Crippen molar-refractivity contribution >= 4 is 34.7 Å². The van der Waals surface area contributed by atoms with Crippen LogP contribution in [0.5, 0.6) is 0 Å². The standard InChI is InChI=1S/C7H7ClN4S2/c1-12-5(8)2-9-6(12)3-13-7-11-10-4-14-7/h2,4H,3H2,1H3. The first-order valence-corrected chi connectivity index (χ1v) is 6.07. The second kappa shape index (κ2) is 4.29. The van der Waals surface area contributed by atoms with Gasteiger partial charge in [-0.25, -0.2) is 4.98 Å². The second-order valence-corrected chi connectivity index (χ2v) is 4.99. The summed E-state index contributed by atoms with van der Waals surface area (Å²) >= 11 is 8.99. The molecule has 7 heteroatoms. The third-order valence-corrected chi connectivity index (χ3v) is 3.90. The van der Waals surface area contributed by atoms with Crippen molar-refractivity contribution in [2.24, 2.45) is 7.05 Å². The molecule has 4 nitrogen and oxygen atoms in total. The predicted molar refractivity (Wildman–Crippen MR) is 57.7 cm³/mol. The summed E-state index contributed by atoms with van der Waals surface area (Å²) in [5.41, 5.74) is 1.72. The summed E-state index contributed by atoms with van der Waals surface area (Å²) in [7, 11) is 1.89. The molecule has 0 radical (unpaired) electrons. The van der Waals surface area contributed by atoms with Gasteiger partial charge in [0, 0.05) is 7.05 Å². The van der Waals surface area contributed by atoms with Gasteiger partial charge in [-0.05, 0) is 0 Å². The van der Waals surface area contributed by atoms with Crippen LogP contribution in [-0.4, -0.2) is 19.7 Å². The molecule has 14 heavy (non-hydrogen) atoms. The van der Waals surface area contributed by atoms with Crippen molar-refractivity contribution in [3.63, 3.8) is 0 Å². The summed E-state index contributed by atoms with van der Waals surface area (Å²) in [6.07, 6.45) is 1.65. The predicted octanol–water partition coefficient (Wildman–Crippen LogP) is 2.22. The molecule has 0 aliphatic heterocycles. The number of aromatic nitrogens is 4. The molecule has 0 amide bonds. The van der Waals surface area contributed by atoms with Gasteiger partial charge in [-0.15, -0.1) is 10.2 Å². The first-order valence-electron chi connectivity index (χ1n) is 3.82. The van der Waals surface area contributed by atoms with Crippen molar-refractivity contribution < 1.29 is 0 Å². The van der Waals surface area contributed by atoms with Gasteiger partial charge >= 0.3 is 0 Å². The highest BCUT2D eigenvalue weighted by Gasteiger charge is 2.06. The van der Waals surface area contributed by atoms with Crippen LogP contribution in [0, 0.1) is 0 Å². The molecule has 0 N–H and O–H groups in total. The van der Waals surface area contributed by atoms with Crippen molar-refractivity contribution in [3.05, 3.63) is 22.7 Å². The topological polar surface area (TPSA) is 43.6 Å². The van der Waals surface area contributed by atoms with Crippen molar-refractivity contribution in [2.45, 2.75) is 10.1 Å². The molecule has 0 unspecified atom stereocenters. The Morgan fingerprint density at radius 1 is 1.64 bits per heavy atom. The molecule has 2 heterocycles. The van der Waals surface area contributed by atoms with E-state index in [4.69, 9.17) is 11.6 Å². The molecule has 0 atom stereocenters. The zero-order chi connectivity index (χ0) is 9.97. The van der Waals surface area contributed by atoms with Crippen molar-refractivity contribution in [2.75, 3.05) is 0 Å². The summed E-state index contributed by atoms with van der Waals surface area (Å²) in [5.74, 6) is 1.70. The monoisotopic (exact) mass is 246 g/mol. The molecule has 2 rings (SSSR count). The molecule has 2 aromatic rings. The Morgan fingerprint density at radius 3 is 3.07 bits per heavy atom. The van der Waals surface area contributed by atoms with Crippen LogP contribution in [0.4, 0.5) is 0 Å². The van der Waals surface area contributed by atoms with E-state index < -0.39 is 0 Å². The Hall–Kier alpha value is -0.590. The zero-order valence-electron chi connectivity index (χ0n) is 7.35. The van der Waals surface area contributed by atoms with Crippen LogP contribution in [0.15, 0.2) is 16.0 Å². The summed E-state index contributed by atoms with van der Waals surface area (Å²) in [6.45, 7) is 0. The number of hydrogen-bond donors (Lipinski definition) is 0. The molecule has 74 valence electrons. The van der Waals surface area contributed by atoms with Gasteiger partial charge in [-0.2, -0.15) is 0 Å². The third-order valence-electron chi connectivity index (χ3n) is 1.69. The van der Waals surface area contributed by atoms with Gasteiger partial charge in [0.05, 0.1) is 11.9 Å². The Morgan fingerprint density at radius 2 is 2.50 bits per heavy atom. The molecule has 0 aromatic carbocycles. The highest BCUT2D eigenvalue weighted by atomic mass is 35.5. The van der Waals surface area contributed by atoms with Gasteiger partial charge < -0.3 is 4.57 Å². The van der Waals surface area contributed by atoms with Crippen molar-refractivity contribution in [1.29, 1.82) is 0 Å². The number of nitrogens with zero attached hydrogens (tertiary/aromatic N) is 4. The lowest BCUT2D eigenvalue weighted by Crippen LogP contribution is -1.95. The lowest BCUT2D eigenvalue weighted by molar-refractivity contribution is 0.849. The Kier molecular flexibility index (Phi) is 3.05. The molecule has 0 aliphatic carbocycles. The number of hydrogen-bond acceptors (Lipinski definition) is 5. The van der Waals surface area contributed by atoms with E-state index in [1.807, 2.05) is 11.6 Å². The second-order valence-electron chi connectivity index (χ2n) is 2.55. The Balaban J connectivity index is 2.02. The van der Waals surface area contributed by atoms with Crippen LogP contribution in [-0.2, 0) is 12.8 Å². The van der Waals surface area contributed by atoms with E-state index >= 15 is 0 Å². The van der Waals surface area contributed by atoms with Gasteiger partial charge in [0.15, 0.2) is 4.34 Å². The minimum Gasteiger partial charge on any atom is -0.322 e. The van der Waals surface area contributed by atoms with Gasteiger partial charge in [-0.1, -0.05) is 34.7 Å². The van der Waals surface area contributed by atoms with Crippen molar-refractivity contribution in [1.82, 2.24) is 19.7 Å². The average Bonchev–Trinajstić information content (AvgIpc) is 2.77. The number of thioether (sulfide) groups is 1. The Bertz CT molecular complexity index is 411. The number of rotatable bonds is 3. The summed E-state index contributed by atoms with van der Waals surface area (Å²) in [6, 6.07) is 0. The first-order chi connectivity index (χ1) is 6.77. The maximum atomic E-state index is 5.86. The van der Waals surface area contributed by atoms with Crippen LogP contribution < -0.4 is 0 Å². The molecule has 0 bridgehead atoms. The van der Waals surface area contributed by atoms with E-state index in [-0.39, 0.29) is 0 Å². The summed E-state index contributed by atoms with van der Waals surface area (Å²) in [4.78, 5) is 4.18. The Labute approximate surface area is 94.3 Å². The molecule has 0 spiro atoms. The molecule has 0 fully saturated rings. The van der Waals surface area contributed by atoms with E-state index in [1.165, 1.54) is 11.3 Å². The van der Waals surface area contributed by atoms with E-state index in [9.17, 15) is 0 Å². The summed E-state index contributed by atoms with van der Waals surface area (Å²) in [5, 5.41) is 8.34. The van der Waals surface area contributed by atoms with Gasteiger partial charge in [0.2, 0.25) is 0 Å². The SMILES string of the molecule is Cn1c(Cl)cnc1CSc1nncs1. The van der Waals surface area contributed by atoms with Crippen molar-refractivity contribution in [3.8, 4) is 0 Å². The van der Waals surface area contributed by atoms with Gasteiger partial charge in [0.1, 0.15) is 16.5 Å². The largest absolute Gasteiger partial charge is 0.322 e. The van der Waals surface area contributed by atoms with E-state index in [2.05, 4.69) is 15.2 Å². The third kappa shape index (κ3) is 2.08. The van der Waals surface area contributed by atoms with Crippen LogP contribution in [0.25, 0.3) is 0 Å². The fourth-order valence-electron chi connectivity index (χ4n) is 0.910. The smallest absolute Gasteiger partial charge is 0.174 e. The quantitative estimate of drug-likeness (QED) is 0.779. The fourth-order valence-corrected chi connectivity index (χ4v) is 2.54. The minimum atomic E-state index is 0.651. The van der Waals surface area contributed by atoms with E-state index in [1.54, 1.807) is 23.5 Å². The van der Waals surface area contributed by atoms with E-state index in [0.717, 1.165) is 15.9 Å². The fraction of sp³-hybridized carbons (Fsp3) is 0.286. The lowest BCUT2D eigenvalue weighted by atomic mass is 10.7. The van der Waals surface area contributed by atoms with E-state index in [0.29, 0.717) is 5.15 Å². The summed E-state index contributed by atoms with van der Waals surface area (Å²) < 4.78 is 2.80. The molecule has 0 aliphatic rings. The van der Waals surface area contributed by atoms with Gasteiger partial charge in [0.25, 0.3) is 0 Å². The van der Waals surface area contributed by atoms with Crippen LogP contribution in [0.1, 0.15) is 5.82 Å². The van der Waals surface area contributed by atoms with Gasteiger partial charge in [-0.3, -0.25) is 0 Å².